The Morgan fingerprint density at radius 2 is 0.947 bits per heavy atom. The van der Waals surface area contributed by atoms with Crippen LogP contribution in [-0.4, -0.2) is 66.6 Å². The van der Waals surface area contributed by atoms with Gasteiger partial charge in [-0.2, -0.15) is 0 Å². The van der Waals surface area contributed by atoms with E-state index in [1.807, 2.05) is 0 Å². The summed E-state index contributed by atoms with van der Waals surface area (Å²) >= 11 is 0. The third kappa shape index (κ3) is 3.97. The molecule has 3 aliphatic rings. The van der Waals surface area contributed by atoms with Gasteiger partial charge in [-0.1, -0.05) is 0 Å². The van der Waals surface area contributed by atoms with E-state index < -0.39 is 86.5 Å². The zero-order chi connectivity index (χ0) is 29.8. The van der Waals surface area contributed by atoms with E-state index in [9.17, 15) is 79.0 Å². The number of halogens is 18. The minimum atomic E-state index is -9.43. The van der Waals surface area contributed by atoms with E-state index in [2.05, 4.69) is 18.1 Å². The third-order valence-electron chi connectivity index (χ3n) is 6.17. The first kappa shape index (κ1) is 31.5. The fourth-order valence-corrected chi connectivity index (χ4v) is 9.42. The number of alkyl halides is 18. The second-order valence-corrected chi connectivity index (χ2v) is 11.6. The van der Waals surface area contributed by atoms with Gasteiger partial charge in [0.1, 0.15) is 0 Å². The second kappa shape index (κ2) is 8.06. The molecule has 2 atom stereocenters. The Kier molecular flexibility index (Phi) is 6.69. The first-order chi connectivity index (χ1) is 16.5. The molecule has 0 aromatic rings. The molecule has 0 unspecified atom stereocenters. The molecule has 1 spiro atoms. The van der Waals surface area contributed by atoms with Gasteiger partial charge >= 0.3 is 196 Å². The third-order valence-corrected chi connectivity index (χ3v) is 10.1. The van der Waals surface area contributed by atoms with Crippen LogP contribution in [0.2, 0.25) is 0 Å². The quantitative estimate of drug-likeness (QED) is 0.221. The van der Waals surface area contributed by atoms with Crippen LogP contribution in [0.3, 0.4) is 0 Å². The average molecular weight is 628 g/mol. The molecular weight excluding hydrogens is 617 g/mol. The fourth-order valence-electron chi connectivity index (χ4n) is 4.80. The summed E-state index contributed by atoms with van der Waals surface area (Å²) in [6, 6.07) is 0. The van der Waals surface area contributed by atoms with Gasteiger partial charge in [0.25, 0.3) is 0 Å². The molecule has 2 aliphatic heterocycles. The van der Waals surface area contributed by atoms with Crippen LogP contribution in [-0.2, 0) is 18.1 Å². The van der Waals surface area contributed by atoms with Crippen LogP contribution in [0.5, 0.6) is 0 Å². The summed E-state index contributed by atoms with van der Waals surface area (Å²) in [6.45, 7) is -1.82. The first-order valence-electron chi connectivity index (χ1n) is 9.71. The van der Waals surface area contributed by atoms with E-state index >= 15 is 0 Å². The molecule has 38 heavy (non-hydrogen) atoms. The van der Waals surface area contributed by atoms with Crippen LogP contribution in [0, 0.1) is 5.92 Å². The van der Waals surface area contributed by atoms with Gasteiger partial charge in [0.05, 0.1) is 0 Å². The molecule has 3 rings (SSSR count). The molecule has 0 radical (unpaired) electrons. The molecular formula is C15H11F18O4P. The Morgan fingerprint density at radius 3 is 1.26 bits per heavy atom. The second-order valence-electron chi connectivity index (χ2n) is 8.52. The monoisotopic (exact) mass is 628 g/mol. The van der Waals surface area contributed by atoms with Gasteiger partial charge in [-0.25, -0.2) is 0 Å². The molecule has 0 bridgehead atoms. The van der Waals surface area contributed by atoms with Crippen LogP contribution in [0.15, 0.2) is 0 Å². The van der Waals surface area contributed by atoms with E-state index in [1.165, 1.54) is 0 Å². The van der Waals surface area contributed by atoms with Crippen molar-refractivity contribution in [1.82, 2.24) is 0 Å². The Balaban J connectivity index is 2.63. The first-order valence-corrected chi connectivity index (χ1v) is 11.7. The predicted molar refractivity (Wildman–Crippen MR) is 82.8 cm³/mol. The topological polar surface area (TPSA) is 36.9 Å². The van der Waals surface area contributed by atoms with Crippen LogP contribution >= 0.6 is 7.51 Å². The zero-order valence-electron chi connectivity index (χ0n) is 17.4. The van der Waals surface area contributed by atoms with Crippen molar-refractivity contribution in [1.29, 1.82) is 0 Å². The molecule has 226 valence electrons. The molecule has 3 fully saturated rings. The van der Waals surface area contributed by atoms with Gasteiger partial charge in [0.2, 0.25) is 0 Å². The Labute approximate surface area is 197 Å². The summed E-state index contributed by atoms with van der Waals surface area (Å²) in [6.07, 6.45) is -50.6. The summed E-state index contributed by atoms with van der Waals surface area (Å²) in [5.41, 5.74) is -22.0. The van der Waals surface area contributed by atoms with Crippen molar-refractivity contribution in [2.24, 2.45) is 5.92 Å². The Hall–Kier alpha value is -0.990. The van der Waals surface area contributed by atoms with Crippen molar-refractivity contribution in [3.63, 3.8) is 0 Å². The van der Waals surface area contributed by atoms with Crippen molar-refractivity contribution in [2.45, 2.75) is 79.3 Å². The van der Waals surface area contributed by atoms with Gasteiger partial charge in [0.15, 0.2) is 0 Å². The van der Waals surface area contributed by atoms with Crippen LogP contribution < -0.4 is 0 Å². The van der Waals surface area contributed by atoms with E-state index in [1.54, 1.807) is 0 Å². The average Bonchev–Trinajstić information content (AvgIpc) is 3.17. The molecule has 2 heterocycles. The van der Waals surface area contributed by atoms with Gasteiger partial charge in [-0.3, -0.25) is 0 Å². The molecule has 0 amide bonds. The van der Waals surface area contributed by atoms with E-state index in [-0.39, 0.29) is 12.8 Å². The van der Waals surface area contributed by atoms with E-state index in [0.29, 0.717) is 0 Å². The van der Waals surface area contributed by atoms with Crippen molar-refractivity contribution in [3.05, 3.63) is 0 Å². The maximum absolute atomic E-state index is 13.9. The zero-order valence-corrected chi connectivity index (χ0v) is 18.3. The minimum absolute atomic E-state index is 0.277. The number of fused-ring (bicyclic) bond motifs is 1. The van der Waals surface area contributed by atoms with Gasteiger partial charge < -0.3 is 0 Å². The van der Waals surface area contributed by atoms with Gasteiger partial charge in [-0.05, 0) is 0 Å². The van der Waals surface area contributed by atoms with Crippen molar-refractivity contribution >= 4 is 7.51 Å². The summed E-state index contributed by atoms with van der Waals surface area (Å²) < 4.78 is 264. The molecule has 1 aliphatic carbocycles. The SMILES string of the molecule is FC(F)(F)C(C(F)(F)F)P12(OC[C@H]3CCC[C@@H]3O1)OC(C(F)(F)F)(C(F)(F)F)C(C(F)(F)F)(C(F)(F)F)O2. The Morgan fingerprint density at radius 1 is 0.579 bits per heavy atom. The number of hydrogen-bond donors (Lipinski definition) is 0. The number of rotatable bonds is 1. The summed E-state index contributed by atoms with van der Waals surface area (Å²) in [5.74, 6) is -1.45. The summed E-state index contributed by atoms with van der Waals surface area (Å²) in [7, 11) is -9.43. The molecule has 23 heteroatoms. The standard InChI is InChI=1S/C15H11F18O4P/c16-8(17,18)7(9(19,20)21)38(34-4-5-2-1-3-6(5)35-38)36-10(12(22,23)24,13(25,26)27)11(37-38,14(28,29)30)15(31,32)33/h5-7H,1-4H2/t5-,6+/m1/s1. The van der Waals surface area contributed by atoms with Gasteiger partial charge in [-0.15, -0.1) is 0 Å². The van der Waals surface area contributed by atoms with E-state index in [4.69, 9.17) is 0 Å². The molecule has 1 saturated carbocycles. The molecule has 0 aromatic carbocycles. The Bertz CT molecular complexity index is 845. The predicted octanol–water partition coefficient (Wildman–Crippen LogP) is 7.68. The maximum atomic E-state index is 13.9. The van der Waals surface area contributed by atoms with Crippen molar-refractivity contribution in [3.8, 4) is 0 Å². The summed E-state index contributed by atoms with van der Waals surface area (Å²) in [5, 5.41) is 0. The molecule has 0 N–H and O–H groups in total. The fraction of sp³-hybridized carbons (Fsp3) is 1.00. The van der Waals surface area contributed by atoms with Crippen molar-refractivity contribution < 1.29 is 97.1 Å². The van der Waals surface area contributed by atoms with Crippen LogP contribution in [0.4, 0.5) is 79.0 Å². The summed E-state index contributed by atoms with van der Waals surface area (Å²) in [4.78, 5) is 0. The molecule has 0 aromatic heterocycles. The molecule has 2 saturated heterocycles. The van der Waals surface area contributed by atoms with Crippen molar-refractivity contribution in [2.75, 3.05) is 6.61 Å². The van der Waals surface area contributed by atoms with Crippen LogP contribution in [0.1, 0.15) is 19.3 Å². The van der Waals surface area contributed by atoms with Gasteiger partial charge in [0, 0.05) is 0 Å². The van der Waals surface area contributed by atoms with Crippen LogP contribution in [0.25, 0.3) is 0 Å². The molecule has 4 nitrogen and oxygen atoms in total. The normalized spacial score (nSPS) is 30.8. The number of hydrogen-bond acceptors (Lipinski definition) is 4. The van der Waals surface area contributed by atoms with E-state index in [0.717, 1.165) is 0 Å².